The van der Waals surface area contributed by atoms with Crippen molar-refractivity contribution < 1.29 is 4.79 Å². The third-order valence-corrected chi connectivity index (χ3v) is 3.00. The largest absolute Gasteiger partial charge is 0.338 e. The molecule has 18 heavy (non-hydrogen) atoms. The molecule has 0 aliphatic heterocycles. The maximum absolute atomic E-state index is 12.1. The minimum Gasteiger partial charge on any atom is -0.338 e. The van der Waals surface area contributed by atoms with Gasteiger partial charge in [0, 0.05) is 18.7 Å². The predicted molar refractivity (Wildman–Crippen MR) is 71.0 cm³/mol. The summed E-state index contributed by atoms with van der Waals surface area (Å²) in [5.41, 5.74) is 7.24. The van der Waals surface area contributed by atoms with Crippen molar-refractivity contribution in [1.29, 1.82) is 5.26 Å². The van der Waals surface area contributed by atoms with Crippen LogP contribution in [-0.2, 0) is 6.42 Å². The Hall–Kier alpha value is -1.86. The summed E-state index contributed by atoms with van der Waals surface area (Å²) >= 11 is 0. The molecule has 4 heteroatoms. The maximum atomic E-state index is 12.1. The van der Waals surface area contributed by atoms with Gasteiger partial charge in [0.1, 0.15) is 0 Å². The van der Waals surface area contributed by atoms with Crippen LogP contribution in [0.4, 0.5) is 0 Å². The number of hydrogen-bond acceptors (Lipinski definition) is 3. The molecule has 1 atom stereocenters. The molecule has 1 aromatic carbocycles. The molecule has 0 heterocycles. The van der Waals surface area contributed by atoms with E-state index in [1.807, 2.05) is 31.2 Å². The first-order valence-corrected chi connectivity index (χ1v) is 6.03. The van der Waals surface area contributed by atoms with Crippen molar-refractivity contribution in [2.75, 3.05) is 13.6 Å². The Morgan fingerprint density at radius 2 is 2.06 bits per heavy atom. The van der Waals surface area contributed by atoms with Gasteiger partial charge in [-0.05, 0) is 37.6 Å². The number of amides is 1. The van der Waals surface area contributed by atoms with Crippen molar-refractivity contribution in [3.05, 3.63) is 35.4 Å². The molecule has 0 radical (unpaired) electrons. The summed E-state index contributed by atoms with van der Waals surface area (Å²) < 4.78 is 0. The van der Waals surface area contributed by atoms with E-state index in [1.54, 1.807) is 11.9 Å². The average molecular weight is 245 g/mol. The lowest BCUT2D eigenvalue weighted by molar-refractivity contribution is 0.0746. The first-order valence-electron chi connectivity index (χ1n) is 6.03. The fourth-order valence-corrected chi connectivity index (χ4v) is 1.65. The van der Waals surface area contributed by atoms with Gasteiger partial charge in [-0.2, -0.15) is 5.26 Å². The van der Waals surface area contributed by atoms with Gasteiger partial charge in [0.25, 0.3) is 5.91 Å². The van der Waals surface area contributed by atoms with E-state index in [2.05, 4.69) is 6.07 Å². The molecule has 0 saturated heterocycles. The molecule has 0 spiro atoms. The zero-order valence-electron chi connectivity index (χ0n) is 10.9. The van der Waals surface area contributed by atoms with Gasteiger partial charge in [0.05, 0.1) is 12.5 Å². The summed E-state index contributed by atoms with van der Waals surface area (Å²) in [6, 6.07) is 9.45. The molecule has 4 nitrogen and oxygen atoms in total. The molecule has 1 rings (SSSR count). The highest BCUT2D eigenvalue weighted by Gasteiger charge is 2.16. The van der Waals surface area contributed by atoms with E-state index >= 15 is 0 Å². The minimum absolute atomic E-state index is 0.0583. The molecule has 1 aromatic rings. The molecule has 1 unspecified atom stereocenters. The predicted octanol–water partition coefficient (Wildman–Crippen LogP) is 1.56. The van der Waals surface area contributed by atoms with Crippen LogP contribution in [0.15, 0.2) is 24.3 Å². The Morgan fingerprint density at radius 1 is 1.44 bits per heavy atom. The second-order valence-corrected chi connectivity index (χ2v) is 4.36. The van der Waals surface area contributed by atoms with Crippen LogP contribution in [0.3, 0.4) is 0 Å². The number of benzene rings is 1. The van der Waals surface area contributed by atoms with E-state index in [0.717, 1.165) is 12.0 Å². The van der Waals surface area contributed by atoms with E-state index < -0.39 is 0 Å². The molecule has 2 N–H and O–H groups in total. The minimum atomic E-state index is -0.0776. The van der Waals surface area contributed by atoms with Gasteiger partial charge < -0.3 is 10.6 Å². The highest BCUT2D eigenvalue weighted by atomic mass is 16.2. The number of nitriles is 1. The van der Waals surface area contributed by atoms with E-state index in [-0.39, 0.29) is 11.9 Å². The summed E-state index contributed by atoms with van der Waals surface area (Å²) in [6.45, 7) is 2.47. The van der Waals surface area contributed by atoms with Crippen LogP contribution in [0.5, 0.6) is 0 Å². The summed E-state index contributed by atoms with van der Waals surface area (Å²) in [6.07, 6.45) is 1.16. The second kappa shape index (κ2) is 6.77. The number of rotatable bonds is 5. The topological polar surface area (TPSA) is 70.1 Å². The van der Waals surface area contributed by atoms with Crippen molar-refractivity contribution in [1.82, 2.24) is 4.90 Å². The quantitative estimate of drug-likeness (QED) is 0.855. The van der Waals surface area contributed by atoms with E-state index in [1.165, 1.54) is 0 Å². The molecule has 1 amide bonds. The zero-order chi connectivity index (χ0) is 13.5. The van der Waals surface area contributed by atoms with Crippen molar-refractivity contribution in [3.63, 3.8) is 0 Å². The smallest absolute Gasteiger partial charge is 0.253 e. The van der Waals surface area contributed by atoms with Crippen molar-refractivity contribution in [2.45, 2.75) is 25.8 Å². The van der Waals surface area contributed by atoms with Gasteiger partial charge >= 0.3 is 0 Å². The maximum Gasteiger partial charge on any atom is 0.253 e. The van der Waals surface area contributed by atoms with Crippen LogP contribution in [0, 0.1) is 11.3 Å². The highest BCUT2D eigenvalue weighted by molar-refractivity contribution is 5.94. The van der Waals surface area contributed by atoms with Gasteiger partial charge in [-0.15, -0.1) is 0 Å². The monoisotopic (exact) mass is 245 g/mol. The zero-order valence-corrected chi connectivity index (χ0v) is 10.9. The van der Waals surface area contributed by atoms with Gasteiger partial charge in [0.2, 0.25) is 0 Å². The van der Waals surface area contributed by atoms with E-state index in [4.69, 9.17) is 11.0 Å². The average Bonchev–Trinajstić information content (AvgIpc) is 2.38. The number of nitrogens with zero attached hydrogens (tertiary/aromatic N) is 2. The van der Waals surface area contributed by atoms with Gasteiger partial charge in [0.15, 0.2) is 0 Å². The van der Waals surface area contributed by atoms with Crippen LogP contribution >= 0.6 is 0 Å². The molecule has 0 saturated carbocycles. The Bertz CT molecular complexity index is 433. The fraction of sp³-hybridized carbons (Fsp3) is 0.429. The summed E-state index contributed by atoms with van der Waals surface area (Å²) in [4.78, 5) is 13.7. The van der Waals surface area contributed by atoms with Crippen LogP contribution in [-0.4, -0.2) is 30.4 Å². The SMILES string of the molecule is CC(CC#N)N(C)C(=O)c1ccc(CCN)cc1. The number of carbonyl (C=O) groups excluding carboxylic acids is 1. The second-order valence-electron chi connectivity index (χ2n) is 4.36. The Balaban J connectivity index is 2.75. The Kier molecular flexibility index (Phi) is 5.34. The van der Waals surface area contributed by atoms with Crippen molar-refractivity contribution in [2.24, 2.45) is 5.73 Å². The van der Waals surface area contributed by atoms with Crippen LogP contribution < -0.4 is 5.73 Å². The van der Waals surface area contributed by atoms with Crippen LogP contribution in [0.1, 0.15) is 29.3 Å². The molecule has 0 aliphatic carbocycles. The number of hydrogen-bond donors (Lipinski definition) is 1. The van der Waals surface area contributed by atoms with E-state index in [0.29, 0.717) is 18.5 Å². The molecule has 0 fully saturated rings. The summed E-state index contributed by atoms with van der Waals surface area (Å²) in [7, 11) is 1.72. The van der Waals surface area contributed by atoms with Crippen LogP contribution in [0.25, 0.3) is 0 Å². The first-order chi connectivity index (χ1) is 8.60. The third-order valence-electron chi connectivity index (χ3n) is 3.00. The third kappa shape index (κ3) is 3.57. The normalized spacial score (nSPS) is 11.7. The Morgan fingerprint density at radius 3 is 2.56 bits per heavy atom. The molecular formula is C14H19N3O. The van der Waals surface area contributed by atoms with E-state index in [9.17, 15) is 4.79 Å². The van der Waals surface area contributed by atoms with Gasteiger partial charge in [-0.1, -0.05) is 12.1 Å². The molecule has 0 aliphatic rings. The highest BCUT2D eigenvalue weighted by Crippen LogP contribution is 2.10. The van der Waals surface area contributed by atoms with Gasteiger partial charge in [-0.3, -0.25) is 4.79 Å². The number of nitrogens with two attached hydrogens (primary N) is 1. The van der Waals surface area contributed by atoms with Crippen LogP contribution in [0.2, 0.25) is 0 Å². The number of carbonyl (C=O) groups is 1. The lowest BCUT2D eigenvalue weighted by atomic mass is 10.1. The lowest BCUT2D eigenvalue weighted by Gasteiger charge is -2.23. The standard InChI is InChI=1S/C14H19N3O/c1-11(7-9-15)17(2)14(18)13-5-3-12(4-6-13)8-10-16/h3-6,11H,7-8,10,16H2,1-2H3. The fourth-order valence-electron chi connectivity index (χ4n) is 1.65. The lowest BCUT2D eigenvalue weighted by Crippen LogP contribution is -2.34. The van der Waals surface area contributed by atoms with Crippen molar-refractivity contribution in [3.8, 4) is 6.07 Å². The summed E-state index contributed by atoms with van der Waals surface area (Å²) in [5, 5.41) is 8.63. The summed E-state index contributed by atoms with van der Waals surface area (Å²) in [5.74, 6) is -0.0583. The van der Waals surface area contributed by atoms with Gasteiger partial charge in [-0.25, -0.2) is 0 Å². The Labute approximate surface area is 108 Å². The molecule has 0 aromatic heterocycles. The first kappa shape index (κ1) is 14.2. The van der Waals surface area contributed by atoms with Crippen molar-refractivity contribution >= 4 is 5.91 Å². The molecular weight excluding hydrogens is 226 g/mol. The molecule has 96 valence electrons. The molecule has 0 bridgehead atoms.